The largest absolute Gasteiger partial charge is 0.508 e. The molecule has 29 heavy (non-hydrogen) atoms. The number of carboxylic acids is 1. The molecule has 1 fully saturated rings. The maximum absolute atomic E-state index is 12.7. The minimum absolute atomic E-state index is 0.0112. The average Bonchev–Trinajstić information content (AvgIpc) is 2.98. The molecule has 0 radical (unpaired) electrons. The zero-order valence-electron chi connectivity index (χ0n) is 15.2. The van der Waals surface area contributed by atoms with Crippen molar-refractivity contribution >= 4 is 40.7 Å². The quantitative estimate of drug-likeness (QED) is 0.487. The van der Waals surface area contributed by atoms with E-state index in [0.29, 0.717) is 11.3 Å². The lowest BCUT2D eigenvalue weighted by Crippen LogP contribution is -2.32. The first-order chi connectivity index (χ1) is 13.9. The zero-order valence-corrected chi connectivity index (χ0v) is 16.0. The van der Waals surface area contributed by atoms with Crippen molar-refractivity contribution in [3.63, 3.8) is 0 Å². The topological polar surface area (TPSA) is 132 Å². The minimum atomic E-state index is -1.09. The monoisotopic (exact) mass is 415 g/mol. The molecule has 3 rings (SSSR count). The van der Waals surface area contributed by atoms with Gasteiger partial charge in [-0.15, -0.1) is 5.10 Å². The molecule has 150 valence electrons. The normalized spacial score (nSPS) is 18.0. The molecule has 10 heteroatoms. The Morgan fingerprint density at radius 1 is 1.24 bits per heavy atom. The van der Waals surface area contributed by atoms with E-state index in [0.717, 1.165) is 11.8 Å². The first kappa shape index (κ1) is 20.2. The summed E-state index contributed by atoms with van der Waals surface area (Å²) in [6.45, 7) is 0. The smallest absolute Gasteiger partial charge is 0.305 e. The molecule has 1 amide bonds. The zero-order chi connectivity index (χ0) is 21.0. The van der Waals surface area contributed by atoms with Crippen LogP contribution < -0.4 is 9.64 Å². The van der Waals surface area contributed by atoms with E-state index in [1.807, 2.05) is 0 Å². The number of carbonyl (C=O) groups is 2. The molecule has 0 saturated carbocycles. The van der Waals surface area contributed by atoms with E-state index >= 15 is 0 Å². The van der Waals surface area contributed by atoms with Gasteiger partial charge in [0.15, 0.2) is 16.7 Å². The molecular formula is C19H17N3O6S. The molecule has 3 N–H and O–H groups in total. The Morgan fingerprint density at radius 3 is 2.62 bits per heavy atom. The third kappa shape index (κ3) is 4.66. The van der Waals surface area contributed by atoms with E-state index in [2.05, 4.69) is 10.2 Å². The number of ether oxygens (including phenoxy) is 1. The van der Waals surface area contributed by atoms with Crippen molar-refractivity contribution < 1.29 is 29.6 Å². The number of hydrogen-bond donors (Lipinski definition) is 3. The van der Waals surface area contributed by atoms with E-state index in [9.17, 15) is 19.8 Å². The number of benzene rings is 2. The highest BCUT2D eigenvalue weighted by atomic mass is 32.2. The van der Waals surface area contributed by atoms with Gasteiger partial charge in [-0.25, -0.2) is 0 Å². The maximum Gasteiger partial charge on any atom is 0.305 e. The number of amides is 1. The third-order valence-electron chi connectivity index (χ3n) is 3.96. The summed E-state index contributed by atoms with van der Waals surface area (Å²) in [5.41, 5.74) is 1.05. The second-order valence-electron chi connectivity index (χ2n) is 5.95. The summed E-state index contributed by atoms with van der Waals surface area (Å²) >= 11 is 1.00. The Morgan fingerprint density at radius 2 is 1.97 bits per heavy atom. The molecule has 1 saturated heterocycles. The van der Waals surface area contributed by atoms with Gasteiger partial charge in [0.1, 0.15) is 11.0 Å². The van der Waals surface area contributed by atoms with Crippen LogP contribution in [0.5, 0.6) is 17.2 Å². The van der Waals surface area contributed by atoms with Crippen LogP contribution in [0.25, 0.3) is 0 Å². The summed E-state index contributed by atoms with van der Waals surface area (Å²) < 4.78 is 5.03. The Bertz CT molecular complexity index is 990. The molecule has 2 aromatic rings. The van der Waals surface area contributed by atoms with Crippen molar-refractivity contribution in [2.75, 3.05) is 12.0 Å². The van der Waals surface area contributed by atoms with Gasteiger partial charge >= 0.3 is 5.97 Å². The average molecular weight is 415 g/mol. The number of amidine groups is 1. The van der Waals surface area contributed by atoms with Gasteiger partial charge < -0.3 is 20.1 Å². The van der Waals surface area contributed by atoms with Gasteiger partial charge in [0.2, 0.25) is 5.91 Å². The number of nitrogens with zero attached hydrogens (tertiary/aromatic N) is 3. The fraction of sp³-hybridized carbons (Fsp3) is 0.158. The number of aliphatic carboxylic acids is 1. The first-order valence-corrected chi connectivity index (χ1v) is 9.26. The number of carbonyl (C=O) groups excluding carboxylic acids is 1. The fourth-order valence-electron chi connectivity index (χ4n) is 2.58. The molecule has 9 nitrogen and oxygen atoms in total. The van der Waals surface area contributed by atoms with Crippen LogP contribution >= 0.6 is 11.8 Å². The molecule has 1 heterocycles. The molecular weight excluding hydrogens is 398 g/mol. The highest BCUT2D eigenvalue weighted by Crippen LogP contribution is 2.34. The molecule has 1 aliphatic rings. The van der Waals surface area contributed by atoms with Gasteiger partial charge in [0.05, 0.1) is 25.4 Å². The van der Waals surface area contributed by atoms with Crippen LogP contribution in [0.3, 0.4) is 0 Å². The maximum atomic E-state index is 12.7. The lowest BCUT2D eigenvalue weighted by Gasteiger charge is -2.15. The molecule has 0 spiro atoms. The van der Waals surface area contributed by atoms with Crippen LogP contribution in [-0.4, -0.2) is 50.9 Å². The Labute approximate surface area is 170 Å². The van der Waals surface area contributed by atoms with Crippen molar-refractivity contribution in [2.24, 2.45) is 10.2 Å². The molecule has 1 atom stereocenters. The molecule has 1 aliphatic heterocycles. The van der Waals surface area contributed by atoms with Crippen molar-refractivity contribution in [3.8, 4) is 17.2 Å². The van der Waals surface area contributed by atoms with E-state index in [-0.39, 0.29) is 28.8 Å². The highest BCUT2D eigenvalue weighted by molar-refractivity contribution is 8.16. The van der Waals surface area contributed by atoms with Crippen LogP contribution in [0.2, 0.25) is 0 Å². The number of rotatable bonds is 6. The number of thioether (sulfide) groups is 1. The number of anilines is 1. The van der Waals surface area contributed by atoms with E-state index < -0.39 is 17.1 Å². The van der Waals surface area contributed by atoms with Crippen LogP contribution in [0, 0.1) is 0 Å². The third-order valence-corrected chi connectivity index (χ3v) is 5.08. The number of hydrogen-bond acceptors (Lipinski definition) is 8. The number of carboxylic acid groups (broad SMARTS) is 1. The molecule has 0 unspecified atom stereocenters. The Kier molecular flexibility index (Phi) is 6.03. The summed E-state index contributed by atoms with van der Waals surface area (Å²) in [6.07, 6.45) is 1.06. The van der Waals surface area contributed by atoms with Gasteiger partial charge in [-0.3, -0.25) is 14.5 Å². The number of phenols is 2. The number of methoxy groups -OCH3 is 1. The molecule has 0 aromatic heterocycles. The minimum Gasteiger partial charge on any atom is -0.508 e. The van der Waals surface area contributed by atoms with Crippen LogP contribution in [-0.2, 0) is 9.59 Å². The second kappa shape index (κ2) is 8.65. The fourth-order valence-corrected chi connectivity index (χ4v) is 3.66. The lowest BCUT2D eigenvalue weighted by atomic mass is 10.2. The molecule has 0 bridgehead atoms. The SMILES string of the molecule is COc1cc(/C=N/N=C2/S[C@H](CC(=O)O)C(=O)N2c2ccc(O)cc2)ccc1O. The predicted molar refractivity (Wildman–Crippen MR) is 109 cm³/mol. The summed E-state index contributed by atoms with van der Waals surface area (Å²) in [5, 5.41) is 35.6. The summed E-state index contributed by atoms with van der Waals surface area (Å²) in [5.74, 6) is -1.22. The second-order valence-corrected chi connectivity index (χ2v) is 7.12. The molecule has 0 aliphatic carbocycles. The van der Waals surface area contributed by atoms with Crippen molar-refractivity contribution in [2.45, 2.75) is 11.7 Å². The van der Waals surface area contributed by atoms with Crippen molar-refractivity contribution in [1.82, 2.24) is 0 Å². The highest BCUT2D eigenvalue weighted by Gasteiger charge is 2.40. The van der Waals surface area contributed by atoms with Crippen molar-refractivity contribution in [1.29, 1.82) is 0 Å². The summed E-state index contributed by atoms with van der Waals surface area (Å²) in [7, 11) is 1.43. The van der Waals surface area contributed by atoms with E-state index in [1.165, 1.54) is 48.6 Å². The number of aromatic hydroxyl groups is 2. The van der Waals surface area contributed by atoms with Gasteiger partial charge in [0, 0.05) is 0 Å². The lowest BCUT2D eigenvalue weighted by molar-refractivity contribution is -0.138. The van der Waals surface area contributed by atoms with Crippen molar-refractivity contribution in [3.05, 3.63) is 48.0 Å². The summed E-state index contributed by atoms with van der Waals surface area (Å²) in [6, 6.07) is 10.5. The van der Waals surface area contributed by atoms with E-state index in [1.54, 1.807) is 12.1 Å². The standard InChI is InChI=1S/C19H17N3O6S/c1-28-15-8-11(2-7-14(15)24)10-20-21-19-22(12-3-5-13(23)6-4-12)18(27)16(29-19)9-17(25)26/h2-8,10,16,23-24H,9H2,1H3,(H,25,26)/b20-10+,21-19+/t16-/m1/s1. The van der Waals surface area contributed by atoms with Gasteiger partial charge in [-0.2, -0.15) is 5.10 Å². The van der Waals surface area contributed by atoms with Crippen LogP contribution in [0.1, 0.15) is 12.0 Å². The first-order valence-electron chi connectivity index (χ1n) is 8.38. The van der Waals surface area contributed by atoms with E-state index in [4.69, 9.17) is 9.84 Å². The molecule has 2 aromatic carbocycles. The van der Waals surface area contributed by atoms with Crippen LogP contribution in [0.15, 0.2) is 52.7 Å². The Balaban J connectivity index is 1.89. The van der Waals surface area contributed by atoms with Gasteiger partial charge in [-0.1, -0.05) is 11.8 Å². The van der Waals surface area contributed by atoms with Gasteiger partial charge in [0.25, 0.3) is 0 Å². The summed E-state index contributed by atoms with van der Waals surface area (Å²) in [4.78, 5) is 25.0. The predicted octanol–water partition coefficient (Wildman–Crippen LogP) is 2.42. The number of phenolic OH excluding ortho intramolecular Hbond substituents is 2. The Hall–Kier alpha value is -3.53. The van der Waals surface area contributed by atoms with Gasteiger partial charge in [-0.05, 0) is 48.0 Å². The van der Waals surface area contributed by atoms with Crippen LogP contribution in [0.4, 0.5) is 5.69 Å².